The van der Waals surface area contributed by atoms with Crippen LogP contribution in [0.3, 0.4) is 0 Å². The van der Waals surface area contributed by atoms with Crippen LogP contribution in [0.5, 0.6) is 0 Å². The highest BCUT2D eigenvalue weighted by atomic mass is 16.7. The molecule has 0 saturated heterocycles. The van der Waals surface area contributed by atoms with Crippen LogP contribution in [0, 0.1) is 11.3 Å². The van der Waals surface area contributed by atoms with Gasteiger partial charge >= 0.3 is 11.9 Å². The molecule has 0 N–H and O–H groups in total. The van der Waals surface area contributed by atoms with Crippen LogP contribution < -0.4 is 0 Å². The Hall–Kier alpha value is -1.36. The second kappa shape index (κ2) is 8.04. The molecule has 20 heavy (non-hydrogen) atoms. The number of hydrogen-bond donors (Lipinski definition) is 0. The van der Waals surface area contributed by atoms with E-state index in [9.17, 15) is 9.59 Å². The van der Waals surface area contributed by atoms with Gasteiger partial charge in [0.2, 0.25) is 0 Å². The molecule has 0 aliphatic heterocycles. The number of esters is 2. The minimum atomic E-state index is -0.930. The minimum Gasteiger partial charge on any atom is -0.461 e. The van der Waals surface area contributed by atoms with Gasteiger partial charge in [0.25, 0.3) is 0 Å². The molecule has 0 spiro atoms. The summed E-state index contributed by atoms with van der Waals surface area (Å²) in [4.78, 5) is 23.3. The van der Waals surface area contributed by atoms with Crippen molar-refractivity contribution in [3.63, 3.8) is 0 Å². The Morgan fingerprint density at radius 1 is 1.20 bits per heavy atom. The second-order valence-corrected chi connectivity index (χ2v) is 5.94. The standard InChI is InChI=1S/C15H26O5/c1-10(2)8-18-12(5)20-14(17)15(6,7)9-19-13(16)11(3)4/h10,12H,3,8-9H2,1-2,4-7H3. The summed E-state index contributed by atoms with van der Waals surface area (Å²) in [6.45, 7) is 14.5. The van der Waals surface area contributed by atoms with E-state index in [4.69, 9.17) is 14.2 Å². The average Bonchev–Trinajstić information content (AvgIpc) is 2.33. The fraction of sp³-hybridized carbons (Fsp3) is 0.733. The molecule has 1 unspecified atom stereocenters. The molecule has 0 radical (unpaired) electrons. The quantitative estimate of drug-likeness (QED) is 0.390. The van der Waals surface area contributed by atoms with E-state index in [1.165, 1.54) is 0 Å². The first-order chi connectivity index (χ1) is 9.06. The predicted molar refractivity (Wildman–Crippen MR) is 75.9 cm³/mol. The molecule has 5 nitrogen and oxygen atoms in total. The van der Waals surface area contributed by atoms with Gasteiger partial charge in [-0.2, -0.15) is 0 Å². The zero-order valence-electron chi connectivity index (χ0n) is 13.3. The van der Waals surface area contributed by atoms with E-state index in [0.717, 1.165) is 0 Å². The van der Waals surface area contributed by atoms with Crippen LogP contribution >= 0.6 is 0 Å². The summed E-state index contributed by atoms with van der Waals surface area (Å²) in [6, 6.07) is 0. The number of ether oxygens (including phenoxy) is 3. The second-order valence-electron chi connectivity index (χ2n) is 5.94. The van der Waals surface area contributed by atoms with Crippen LogP contribution in [0.1, 0.15) is 41.5 Å². The van der Waals surface area contributed by atoms with E-state index in [1.807, 2.05) is 13.8 Å². The van der Waals surface area contributed by atoms with Crippen LogP contribution in [0.2, 0.25) is 0 Å². The van der Waals surface area contributed by atoms with E-state index in [2.05, 4.69) is 6.58 Å². The first-order valence-corrected chi connectivity index (χ1v) is 6.71. The first kappa shape index (κ1) is 18.6. The average molecular weight is 286 g/mol. The maximum Gasteiger partial charge on any atom is 0.333 e. The Morgan fingerprint density at radius 2 is 1.75 bits per heavy atom. The first-order valence-electron chi connectivity index (χ1n) is 6.71. The third-order valence-electron chi connectivity index (χ3n) is 2.40. The van der Waals surface area contributed by atoms with E-state index in [1.54, 1.807) is 27.7 Å². The maximum absolute atomic E-state index is 12.0. The van der Waals surface area contributed by atoms with E-state index in [-0.39, 0.29) is 6.61 Å². The topological polar surface area (TPSA) is 61.8 Å². The fourth-order valence-electron chi connectivity index (χ4n) is 1.10. The summed E-state index contributed by atoms with van der Waals surface area (Å²) in [7, 11) is 0. The lowest BCUT2D eigenvalue weighted by Gasteiger charge is -2.24. The van der Waals surface area contributed by atoms with E-state index >= 15 is 0 Å². The van der Waals surface area contributed by atoms with Crippen LogP contribution in [-0.4, -0.2) is 31.4 Å². The van der Waals surface area contributed by atoms with Crippen molar-refractivity contribution < 1.29 is 23.8 Å². The molecule has 0 aliphatic rings. The number of rotatable bonds is 8. The van der Waals surface area contributed by atoms with Crippen LogP contribution in [0.4, 0.5) is 0 Å². The Kier molecular flexibility index (Phi) is 7.50. The molecule has 1 atom stereocenters. The van der Waals surface area contributed by atoms with Gasteiger partial charge in [0.1, 0.15) is 6.61 Å². The smallest absolute Gasteiger partial charge is 0.333 e. The van der Waals surface area contributed by atoms with Crippen LogP contribution in [-0.2, 0) is 23.8 Å². The van der Waals surface area contributed by atoms with Crippen LogP contribution in [0.25, 0.3) is 0 Å². The van der Waals surface area contributed by atoms with Gasteiger partial charge in [0, 0.05) is 5.57 Å². The van der Waals surface area contributed by atoms with Gasteiger partial charge in [-0.3, -0.25) is 4.79 Å². The van der Waals surface area contributed by atoms with Crippen molar-refractivity contribution in [1.82, 2.24) is 0 Å². The Balaban J connectivity index is 4.29. The fourth-order valence-corrected chi connectivity index (χ4v) is 1.10. The molecule has 0 amide bonds. The predicted octanol–water partition coefficient (Wildman–Crippen LogP) is 2.69. The zero-order chi connectivity index (χ0) is 15.9. The molecule has 0 aromatic rings. The van der Waals surface area contributed by atoms with Crippen LogP contribution in [0.15, 0.2) is 12.2 Å². The maximum atomic E-state index is 12.0. The summed E-state index contributed by atoms with van der Waals surface area (Å²) in [5, 5.41) is 0. The zero-order valence-corrected chi connectivity index (χ0v) is 13.3. The van der Waals surface area contributed by atoms with Crippen molar-refractivity contribution in [3.05, 3.63) is 12.2 Å². The van der Waals surface area contributed by atoms with Gasteiger partial charge < -0.3 is 14.2 Å². The third kappa shape index (κ3) is 7.28. The van der Waals surface area contributed by atoms with Crippen molar-refractivity contribution >= 4 is 11.9 Å². The molecular formula is C15H26O5. The third-order valence-corrected chi connectivity index (χ3v) is 2.40. The summed E-state index contributed by atoms with van der Waals surface area (Å²) < 4.78 is 15.5. The van der Waals surface area contributed by atoms with Gasteiger partial charge in [-0.15, -0.1) is 0 Å². The van der Waals surface area contributed by atoms with Crippen molar-refractivity contribution in [3.8, 4) is 0 Å². The Labute approximate surface area is 121 Å². The molecule has 5 heteroatoms. The van der Waals surface area contributed by atoms with Gasteiger partial charge in [-0.05, 0) is 33.6 Å². The number of hydrogen-bond acceptors (Lipinski definition) is 5. The Morgan fingerprint density at radius 3 is 2.20 bits per heavy atom. The van der Waals surface area contributed by atoms with E-state index in [0.29, 0.717) is 18.1 Å². The minimum absolute atomic E-state index is 0.0611. The molecule has 0 fully saturated rings. The lowest BCUT2D eigenvalue weighted by molar-refractivity contribution is -0.189. The molecule has 0 saturated carbocycles. The van der Waals surface area contributed by atoms with E-state index < -0.39 is 23.6 Å². The van der Waals surface area contributed by atoms with Crippen molar-refractivity contribution in [2.75, 3.05) is 13.2 Å². The summed E-state index contributed by atoms with van der Waals surface area (Å²) in [5.74, 6) is -0.626. The molecular weight excluding hydrogens is 260 g/mol. The van der Waals surface area contributed by atoms with Gasteiger partial charge in [0.05, 0.1) is 12.0 Å². The number of carbonyl (C=O) groups is 2. The highest BCUT2D eigenvalue weighted by Gasteiger charge is 2.32. The van der Waals surface area contributed by atoms with Gasteiger partial charge in [-0.25, -0.2) is 4.79 Å². The van der Waals surface area contributed by atoms with Crippen molar-refractivity contribution in [2.45, 2.75) is 47.8 Å². The summed E-state index contributed by atoms with van der Waals surface area (Å²) in [6.07, 6.45) is -0.624. The lowest BCUT2D eigenvalue weighted by Crippen LogP contribution is -2.35. The number of carbonyl (C=O) groups excluding carboxylic acids is 2. The molecule has 0 aromatic carbocycles. The molecule has 0 rings (SSSR count). The summed E-state index contributed by atoms with van der Waals surface area (Å²) >= 11 is 0. The SMILES string of the molecule is C=C(C)C(=O)OCC(C)(C)C(=O)OC(C)OCC(C)C. The molecule has 0 bridgehead atoms. The highest BCUT2D eigenvalue weighted by Crippen LogP contribution is 2.19. The molecule has 0 aliphatic carbocycles. The van der Waals surface area contributed by atoms with Crippen molar-refractivity contribution in [2.24, 2.45) is 11.3 Å². The lowest BCUT2D eigenvalue weighted by atomic mass is 9.95. The molecule has 0 aromatic heterocycles. The van der Waals surface area contributed by atoms with Gasteiger partial charge in [0.15, 0.2) is 6.29 Å². The normalized spacial score (nSPS) is 12.9. The summed E-state index contributed by atoms with van der Waals surface area (Å²) in [5.41, 5.74) is -0.636. The monoisotopic (exact) mass is 286 g/mol. The Bertz CT molecular complexity index is 357. The van der Waals surface area contributed by atoms with Gasteiger partial charge in [-0.1, -0.05) is 20.4 Å². The molecule has 0 heterocycles. The molecule has 116 valence electrons. The largest absolute Gasteiger partial charge is 0.461 e. The van der Waals surface area contributed by atoms with Crippen molar-refractivity contribution in [1.29, 1.82) is 0 Å². The highest BCUT2D eigenvalue weighted by molar-refractivity contribution is 5.87.